The first-order chi connectivity index (χ1) is 15.3. The van der Waals surface area contributed by atoms with Crippen molar-refractivity contribution >= 4 is 46.2 Å². The summed E-state index contributed by atoms with van der Waals surface area (Å²) in [6.07, 6.45) is 5.74. The van der Waals surface area contributed by atoms with Gasteiger partial charge in [0, 0.05) is 35.4 Å². The highest BCUT2D eigenvalue weighted by Gasteiger charge is 2.19. The van der Waals surface area contributed by atoms with Gasteiger partial charge in [0.05, 0.1) is 41.0 Å². The van der Waals surface area contributed by atoms with Gasteiger partial charge in [-0.3, -0.25) is 19.9 Å². The number of nitrogens with zero attached hydrogens (tertiary/aromatic N) is 4. The number of anilines is 2. The van der Waals surface area contributed by atoms with Crippen molar-refractivity contribution in [2.24, 2.45) is 0 Å². The fourth-order valence-corrected chi connectivity index (χ4v) is 3.60. The van der Waals surface area contributed by atoms with E-state index in [4.69, 9.17) is 44.3 Å². The molecule has 11 heteroatoms. The lowest BCUT2D eigenvalue weighted by Crippen LogP contribution is -2.23. The molecule has 9 nitrogen and oxygen atoms in total. The van der Waals surface area contributed by atoms with Crippen molar-refractivity contribution in [1.29, 1.82) is 10.7 Å². The second-order valence-corrected chi connectivity index (χ2v) is 7.57. The van der Waals surface area contributed by atoms with Gasteiger partial charge in [0.15, 0.2) is 0 Å². The number of hydrogen-bond acceptors (Lipinski definition) is 7. The van der Waals surface area contributed by atoms with Crippen LogP contribution in [0.15, 0.2) is 43.0 Å². The first kappa shape index (κ1) is 23.1. The molecule has 32 heavy (non-hydrogen) atoms. The Morgan fingerprint density at radius 3 is 2.75 bits per heavy atom. The molecule has 0 aliphatic rings. The quantitative estimate of drug-likeness (QED) is 0.331. The topological polar surface area (TPSA) is 143 Å². The lowest BCUT2D eigenvalue weighted by molar-refractivity contribution is -0.110. The number of pyridine rings is 1. The van der Waals surface area contributed by atoms with E-state index in [0.29, 0.717) is 40.0 Å². The maximum atomic E-state index is 12.6. The van der Waals surface area contributed by atoms with E-state index in [1.165, 1.54) is 29.3 Å². The number of hydrogen-bond donors (Lipinski definition) is 3. The molecule has 0 saturated carbocycles. The molecule has 0 radical (unpaired) electrons. The minimum Gasteiger partial charge on any atom is -0.486 e. The molecule has 1 aromatic carbocycles. The van der Waals surface area contributed by atoms with Gasteiger partial charge < -0.3 is 15.8 Å². The van der Waals surface area contributed by atoms with Gasteiger partial charge in [-0.25, -0.2) is 0 Å². The van der Waals surface area contributed by atoms with Crippen molar-refractivity contribution in [3.63, 3.8) is 0 Å². The number of aromatic nitrogens is 3. The summed E-state index contributed by atoms with van der Waals surface area (Å²) in [6, 6.07) is 6.71. The van der Waals surface area contributed by atoms with Crippen LogP contribution in [0.5, 0.6) is 5.75 Å². The average molecular weight is 472 g/mol. The number of ether oxygens (including phenoxy) is 1. The zero-order valence-corrected chi connectivity index (χ0v) is 18.5. The predicted octanol–water partition coefficient (Wildman–Crippen LogP) is 4.23. The molecule has 2 heterocycles. The molecule has 3 aromatic rings. The SMILES string of the molecule is CC(Oc1ccc(N)c(C(=N)C(=O)Nc2cnn(CCC#N)c2)c1)c1c(Cl)cncc1Cl. The van der Waals surface area contributed by atoms with Crippen LogP contribution < -0.4 is 15.8 Å². The zero-order valence-electron chi connectivity index (χ0n) is 17.0. The molecule has 0 aliphatic heterocycles. The molecule has 0 bridgehead atoms. The van der Waals surface area contributed by atoms with Gasteiger partial charge in [0.25, 0.3) is 5.91 Å². The van der Waals surface area contributed by atoms with Crippen molar-refractivity contribution in [3.8, 4) is 11.8 Å². The van der Waals surface area contributed by atoms with Gasteiger partial charge in [0.2, 0.25) is 0 Å². The number of nitrogens with two attached hydrogens (primary N) is 1. The monoisotopic (exact) mass is 471 g/mol. The predicted molar refractivity (Wildman–Crippen MR) is 122 cm³/mol. The number of carbonyl (C=O) groups excluding carboxylic acids is 1. The van der Waals surface area contributed by atoms with E-state index >= 15 is 0 Å². The second-order valence-electron chi connectivity index (χ2n) is 6.76. The van der Waals surface area contributed by atoms with Crippen LogP contribution in [-0.2, 0) is 11.3 Å². The van der Waals surface area contributed by atoms with E-state index in [2.05, 4.69) is 15.4 Å². The summed E-state index contributed by atoms with van der Waals surface area (Å²) in [5, 5.41) is 24.3. The number of carbonyl (C=O) groups is 1. The Bertz CT molecular complexity index is 1180. The summed E-state index contributed by atoms with van der Waals surface area (Å²) < 4.78 is 7.46. The largest absolute Gasteiger partial charge is 0.486 e. The number of aryl methyl sites for hydroxylation is 1. The first-order valence-corrected chi connectivity index (χ1v) is 10.2. The van der Waals surface area contributed by atoms with E-state index in [1.807, 2.05) is 6.07 Å². The summed E-state index contributed by atoms with van der Waals surface area (Å²) in [5.41, 5.74) is 7.08. The highest BCUT2D eigenvalue weighted by Crippen LogP contribution is 2.33. The third kappa shape index (κ3) is 5.35. The van der Waals surface area contributed by atoms with Crippen molar-refractivity contribution in [1.82, 2.24) is 14.8 Å². The van der Waals surface area contributed by atoms with Crippen LogP contribution in [0.25, 0.3) is 0 Å². The molecule has 0 spiro atoms. The minimum absolute atomic E-state index is 0.205. The first-order valence-electron chi connectivity index (χ1n) is 9.45. The molecule has 1 unspecified atom stereocenters. The van der Waals surface area contributed by atoms with Crippen molar-refractivity contribution in [2.45, 2.75) is 26.0 Å². The molecular weight excluding hydrogens is 453 g/mol. The Labute approximate surface area is 194 Å². The second kappa shape index (κ2) is 10.1. The summed E-state index contributed by atoms with van der Waals surface area (Å²) in [5.74, 6) is -0.283. The Kier molecular flexibility index (Phi) is 7.30. The fourth-order valence-electron chi connectivity index (χ4n) is 2.93. The van der Waals surface area contributed by atoms with Crippen molar-refractivity contribution in [2.75, 3.05) is 11.1 Å². The number of nitrogen functional groups attached to an aromatic ring is 1. The zero-order chi connectivity index (χ0) is 23.3. The van der Waals surface area contributed by atoms with Gasteiger partial charge >= 0.3 is 0 Å². The highest BCUT2D eigenvalue weighted by molar-refractivity contribution is 6.48. The number of nitriles is 1. The smallest absolute Gasteiger partial charge is 0.274 e. The van der Waals surface area contributed by atoms with Crippen LogP contribution >= 0.6 is 23.2 Å². The molecule has 1 amide bonds. The van der Waals surface area contributed by atoms with Gasteiger partial charge in [-0.05, 0) is 25.1 Å². The molecular formula is C21H19Cl2N7O2. The molecule has 1 atom stereocenters. The minimum atomic E-state index is -0.665. The van der Waals surface area contributed by atoms with Gasteiger partial charge in [-0.2, -0.15) is 10.4 Å². The van der Waals surface area contributed by atoms with E-state index < -0.39 is 12.0 Å². The maximum Gasteiger partial charge on any atom is 0.274 e. The molecule has 4 N–H and O–H groups in total. The lowest BCUT2D eigenvalue weighted by atomic mass is 10.1. The maximum absolute atomic E-state index is 12.6. The number of amides is 1. The van der Waals surface area contributed by atoms with Gasteiger partial charge in [-0.15, -0.1) is 0 Å². The molecule has 2 aromatic heterocycles. The number of nitrogens with one attached hydrogen (secondary N) is 2. The Hall–Kier alpha value is -3.61. The average Bonchev–Trinajstić information content (AvgIpc) is 3.20. The molecule has 0 fully saturated rings. The summed E-state index contributed by atoms with van der Waals surface area (Å²) in [6.45, 7) is 2.17. The third-order valence-corrected chi connectivity index (χ3v) is 5.08. The van der Waals surface area contributed by atoms with E-state index in [-0.39, 0.29) is 17.0 Å². The highest BCUT2D eigenvalue weighted by atomic mass is 35.5. The van der Waals surface area contributed by atoms with Crippen LogP contribution in [0, 0.1) is 16.7 Å². The van der Waals surface area contributed by atoms with Crippen LogP contribution in [0.1, 0.15) is 30.6 Å². The summed E-state index contributed by atoms with van der Waals surface area (Å²) in [4.78, 5) is 16.5. The van der Waals surface area contributed by atoms with Crippen molar-refractivity contribution in [3.05, 3.63) is 64.2 Å². The molecule has 0 aliphatic carbocycles. The standard InChI is InChI=1S/C21H19Cl2N7O2/c1-12(19-16(22)9-27-10-17(19)23)32-14-3-4-18(25)15(7-14)20(26)21(31)29-13-8-28-30(11-13)6-2-5-24/h3-4,7-12,26H,2,6,25H2,1H3,(H,29,31). The molecule has 0 saturated heterocycles. The summed E-state index contributed by atoms with van der Waals surface area (Å²) >= 11 is 12.4. The third-order valence-electron chi connectivity index (χ3n) is 4.47. The van der Waals surface area contributed by atoms with Crippen LogP contribution in [-0.4, -0.2) is 26.4 Å². The molecule has 164 valence electrons. The van der Waals surface area contributed by atoms with Crippen LogP contribution in [0.3, 0.4) is 0 Å². The van der Waals surface area contributed by atoms with Crippen LogP contribution in [0.4, 0.5) is 11.4 Å². The Morgan fingerprint density at radius 2 is 2.06 bits per heavy atom. The number of benzene rings is 1. The van der Waals surface area contributed by atoms with Crippen LogP contribution in [0.2, 0.25) is 10.0 Å². The van der Waals surface area contributed by atoms with E-state index in [1.54, 1.807) is 25.3 Å². The number of rotatable bonds is 8. The lowest BCUT2D eigenvalue weighted by Gasteiger charge is -2.18. The van der Waals surface area contributed by atoms with Crippen molar-refractivity contribution < 1.29 is 9.53 Å². The number of halogens is 2. The Balaban J connectivity index is 1.74. The Morgan fingerprint density at radius 1 is 1.34 bits per heavy atom. The van der Waals surface area contributed by atoms with Gasteiger partial charge in [-0.1, -0.05) is 23.2 Å². The summed E-state index contributed by atoms with van der Waals surface area (Å²) in [7, 11) is 0. The van der Waals surface area contributed by atoms with Gasteiger partial charge in [0.1, 0.15) is 17.6 Å². The fraction of sp³-hybridized carbons (Fsp3) is 0.190. The van der Waals surface area contributed by atoms with E-state index in [0.717, 1.165) is 0 Å². The van der Waals surface area contributed by atoms with E-state index in [9.17, 15) is 4.79 Å². The molecule has 3 rings (SSSR count). The normalized spacial score (nSPS) is 11.4.